The van der Waals surface area contributed by atoms with Crippen molar-refractivity contribution in [2.45, 2.75) is 52.6 Å². The summed E-state index contributed by atoms with van der Waals surface area (Å²) in [7, 11) is 0. The van der Waals surface area contributed by atoms with Crippen molar-refractivity contribution in [3.05, 3.63) is 64.7 Å². The van der Waals surface area contributed by atoms with Gasteiger partial charge in [-0.15, -0.1) is 12.4 Å². The Morgan fingerprint density at radius 1 is 1.08 bits per heavy atom. The van der Waals surface area contributed by atoms with Gasteiger partial charge in [-0.25, -0.2) is 0 Å². The first-order valence-electron chi connectivity index (χ1n) is 9.67. The molecule has 0 aliphatic carbocycles. The summed E-state index contributed by atoms with van der Waals surface area (Å²) in [4.78, 5) is 2.61. The molecule has 3 heteroatoms. The molecule has 2 aromatic carbocycles. The van der Waals surface area contributed by atoms with Gasteiger partial charge in [0.15, 0.2) is 0 Å². The Balaban J connectivity index is 0.00000243. The zero-order chi connectivity index (χ0) is 17.6. The van der Waals surface area contributed by atoms with E-state index < -0.39 is 0 Å². The lowest BCUT2D eigenvalue weighted by molar-refractivity contribution is 0.208. The third-order valence-corrected chi connectivity index (χ3v) is 5.40. The first kappa shape index (κ1) is 20.8. The second-order valence-corrected chi connectivity index (χ2v) is 7.37. The van der Waals surface area contributed by atoms with Crippen molar-refractivity contribution < 1.29 is 4.74 Å². The minimum atomic E-state index is 0. The van der Waals surface area contributed by atoms with E-state index in [4.69, 9.17) is 4.74 Å². The predicted molar refractivity (Wildman–Crippen MR) is 113 cm³/mol. The standard InChI is InChI=1S/C23H31NO.ClH/c1-4-13-24-14-7-11-21(16-24)20-10-6-12-22(15-20)25-17-23-18(2)8-5-9-19(23)3;/h5-6,8-10,12,15,21H,4,7,11,13-14,16-17H2,1-3H3;1H. The summed E-state index contributed by atoms with van der Waals surface area (Å²) in [6.07, 6.45) is 3.84. The van der Waals surface area contributed by atoms with Crippen LogP contribution in [-0.2, 0) is 6.61 Å². The molecule has 1 unspecified atom stereocenters. The highest BCUT2D eigenvalue weighted by molar-refractivity contribution is 5.85. The molecule has 26 heavy (non-hydrogen) atoms. The molecule has 0 radical (unpaired) electrons. The van der Waals surface area contributed by atoms with Crippen molar-refractivity contribution in [2.24, 2.45) is 0 Å². The van der Waals surface area contributed by atoms with Gasteiger partial charge in [0.1, 0.15) is 12.4 Å². The average molecular weight is 374 g/mol. The van der Waals surface area contributed by atoms with Crippen LogP contribution in [-0.4, -0.2) is 24.5 Å². The number of aryl methyl sites for hydroxylation is 2. The van der Waals surface area contributed by atoms with Crippen LogP contribution in [0.2, 0.25) is 0 Å². The Morgan fingerprint density at radius 2 is 1.81 bits per heavy atom. The Kier molecular flexibility index (Phi) is 7.99. The molecule has 1 fully saturated rings. The van der Waals surface area contributed by atoms with Crippen LogP contribution in [0.3, 0.4) is 0 Å². The lowest BCUT2D eigenvalue weighted by Gasteiger charge is -2.32. The SMILES string of the molecule is CCCN1CCCC(c2cccc(OCc3c(C)cccc3C)c2)C1.Cl. The second-order valence-electron chi connectivity index (χ2n) is 7.37. The van der Waals surface area contributed by atoms with E-state index in [1.807, 2.05) is 0 Å². The minimum absolute atomic E-state index is 0. The fourth-order valence-electron chi connectivity index (χ4n) is 3.94. The molecular formula is C23H32ClNO. The summed E-state index contributed by atoms with van der Waals surface area (Å²) < 4.78 is 6.15. The first-order valence-corrected chi connectivity index (χ1v) is 9.67. The summed E-state index contributed by atoms with van der Waals surface area (Å²) in [6, 6.07) is 15.2. The molecule has 0 spiro atoms. The zero-order valence-electron chi connectivity index (χ0n) is 16.3. The van der Waals surface area contributed by atoms with E-state index in [0.717, 1.165) is 5.75 Å². The maximum Gasteiger partial charge on any atom is 0.120 e. The van der Waals surface area contributed by atoms with Gasteiger partial charge in [-0.2, -0.15) is 0 Å². The number of likely N-dealkylation sites (tertiary alicyclic amines) is 1. The molecule has 142 valence electrons. The van der Waals surface area contributed by atoms with Crippen LogP contribution >= 0.6 is 12.4 Å². The van der Waals surface area contributed by atoms with Crippen LogP contribution in [0.25, 0.3) is 0 Å². The van der Waals surface area contributed by atoms with E-state index in [0.29, 0.717) is 12.5 Å². The molecule has 1 aliphatic rings. The molecule has 0 amide bonds. The van der Waals surface area contributed by atoms with Crippen molar-refractivity contribution in [3.63, 3.8) is 0 Å². The molecule has 1 saturated heterocycles. The van der Waals surface area contributed by atoms with Crippen LogP contribution in [0, 0.1) is 13.8 Å². The number of hydrogen-bond donors (Lipinski definition) is 0. The maximum atomic E-state index is 6.15. The van der Waals surface area contributed by atoms with Crippen LogP contribution in [0.5, 0.6) is 5.75 Å². The number of benzene rings is 2. The molecular weight excluding hydrogens is 342 g/mol. The van der Waals surface area contributed by atoms with Gasteiger partial charge in [-0.3, -0.25) is 0 Å². The second kappa shape index (κ2) is 9.99. The van der Waals surface area contributed by atoms with Crippen molar-refractivity contribution in [1.29, 1.82) is 0 Å². The quantitative estimate of drug-likeness (QED) is 0.625. The van der Waals surface area contributed by atoms with Crippen LogP contribution in [0.1, 0.15) is 54.4 Å². The normalized spacial score (nSPS) is 17.6. The molecule has 1 aliphatic heterocycles. The largest absolute Gasteiger partial charge is 0.489 e. The average Bonchev–Trinajstić information content (AvgIpc) is 2.62. The topological polar surface area (TPSA) is 12.5 Å². The number of hydrogen-bond acceptors (Lipinski definition) is 2. The summed E-state index contributed by atoms with van der Waals surface area (Å²) in [6.45, 7) is 10.9. The van der Waals surface area contributed by atoms with E-state index in [1.54, 1.807) is 0 Å². The maximum absolute atomic E-state index is 6.15. The lowest BCUT2D eigenvalue weighted by atomic mass is 9.90. The Morgan fingerprint density at radius 3 is 2.54 bits per heavy atom. The van der Waals surface area contributed by atoms with Gasteiger partial charge in [0, 0.05) is 6.54 Å². The molecule has 2 aromatic rings. The van der Waals surface area contributed by atoms with Crippen LogP contribution in [0.4, 0.5) is 0 Å². The summed E-state index contributed by atoms with van der Waals surface area (Å²) in [5, 5.41) is 0. The molecule has 3 rings (SSSR count). The van der Waals surface area contributed by atoms with Crippen molar-refractivity contribution in [3.8, 4) is 5.75 Å². The molecule has 1 heterocycles. The number of nitrogens with zero attached hydrogens (tertiary/aromatic N) is 1. The summed E-state index contributed by atoms with van der Waals surface area (Å²) in [5.41, 5.74) is 5.34. The van der Waals surface area contributed by atoms with Crippen molar-refractivity contribution in [2.75, 3.05) is 19.6 Å². The highest BCUT2D eigenvalue weighted by Crippen LogP contribution is 2.29. The number of ether oxygens (including phenoxy) is 1. The van der Waals surface area contributed by atoms with E-state index in [-0.39, 0.29) is 12.4 Å². The van der Waals surface area contributed by atoms with E-state index in [2.05, 4.69) is 68.1 Å². The summed E-state index contributed by atoms with van der Waals surface area (Å²) >= 11 is 0. The lowest BCUT2D eigenvalue weighted by Crippen LogP contribution is -2.34. The number of piperidine rings is 1. The van der Waals surface area contributed by atoms with Gasteiger partial charge in [0.2, 0.25) is 0 Å². The third-order valence-electron chi connectivity index (χ3n) is 5.40. The molecule has 0 N–H and O–H groups in total. The molecule has 0 saturated carbocycles. The fourth-order valence-corrected chi connectivity index (χ4v) is 3.94. The smallest absolute Gasteiger partial charge is 0.120 e. The van der Waals surface area contributed by atoms with Gasteiger partial charge in [0.25, 0.3) is 0 Å². The predicted octanol–water partition coefficient (Wildman–Crippen LogP) is 5.89. The highest BCUT2D eigenvalue weighted by Gasteiger charge is 2.21. The first-order chi connectivity index (χ1) is 12.2. The Bertz CT molecular complexity index is 678. The number of rotatable bonds is 6. The summed E-state index contributed by atoms with van der Waals surface area (Å²) in [5.74, 6) is 1.64. The Labute approximate surface area is 165 Å². The molecule has 2 nitrogen and oxygen atoms in total. The third kappa shape index (κ3) is 5.25. The molecule has 0 bridgehead atoms. The van der Waals surface area contributed by atoms with E-state index in [9.17, 15) is 0 Å². The monoisotopic (exact) mass is 373 g/mol. The van der Waals surface area contributed by atoms with E-state index >= 15 is 0 Å². The number of halogens is 1. The molecule has 0 aromatic heterocycles. The fraction of sp³-hybridized carbons (Fsp3) is 0.478. The van der Waals surface area contributed by atoms with Gasteiger partial charge >= 0.3 is 0 Å². The van der Waals surface area contributed by atoms with Gasteiger partial charge in [0.05, 0.1) is 0 Å². The molecule has 1 atom stereocenters. The van der Waals surface area contributed by atoms with Crippen molar-refractivity contribution >= 4 is 12.4 Å². The van der Waals surface area contributed by atoms with Gasteiger partial charge in [-0.05, 0) is 86.5 Å². The zero-order valence-corrected chi connectivity index (χ0v) is 17.1. The minimum Gasteiger partial charge on any atom is -0.489 e. The van der Waals surface area contributed by atoms with Crippen LogP contribution < -0.4 is 4.74 Å². The van der Waals surface area contributed by atoms with Gasteiger partial charge < -0.3 is 9.64 Å². The van der Waals surface area contributed by atoms with Crippen LogP contribution in [0.15, 0.2) is 42.5 Å². The van der Waals surface area contributed by atoms with Crippen molar-refractivity contribution in [1.82, 2.24) is 4.90 Å². The van der Waals surface area contributed by atoms with E-state index in [1.165, 1.54) is 61.2 Å². The Hall–Kier alpha value is -1.51. The highest BCUT2D eigenvalue weighted by atomic mass is 35.5. The van der Waals surface area contributed by atoms with Gasteiger partial charge in [-0.1, -0.05) is 37.3 Å².